The molecule has 0 fully saturated rings. The molecule has 1 radical (unpaired) electrons. The molecule has 6 heteroatoms. The molecule has 0 unspecified atom stereocenters. The van der Waals surface area contributed by atoms with Crippen LogP contribution in [0, 0.1) is 18.1 Å². The van der Waals surface area contributed by atoms with Gasteiger partial charge in [0.15, 0.2) is 0 Å². The summed E-state index contributed by atoms with van der Waals surface area (Å²) in [6, 6.07) is 38.1. The van der Waals surface area contributed by atoms with E-state index in [9.17, 15) is 0 Å². The summed E-state index contributed by atoms with van der Waals surface area (Å²) in [5, 5.41) is 3.55. The van der Waals surface area contributed by atoms with Crippen molar-refractivity contribution in [3.63, 3.8) is 0 Å². The quantitative estimate of drug-likeness (QED) is 0.107. The van der Waals surface area contributed by atoms with Crippen LogP contribution in [0.15, 0.2) is 108 Å². The van der Waals surface area contributed by atoms with Crippen LogP contribution in [0.1, 0.15) is 83.9 Å². The van der Waals surface area contributed by atoms with Crippen molar-refractivity contribution in [3.05, 3.63) is 132 Å². The summed E-state index contributed by atoms with van der Waals surface area (Å²) < 4.78 is 6.27. The second-order valence-electron chi connectivity index (χ2n) is 16.9. The zero-order valence-corrected chi connectivity index (χ0v) is 37.6. The molecule has 4 aromatic heterocycles. The maximum atomic E-state index is 6.27. The van der Waals surface area contributed by atoms with Gasteiger partial charge in [0.05, 0.1) is 19.4 Å². The molecule has 0 saturated carbocycles. The molecule has 4 heterocycles. The van der Waals surface area contributed by atoms with Crippen molar-refractivity contribution in [2.45, 2.75) is 98.7 Å². The minimum atomic E-state index is -1.38. The third-order valence-corrected chi connectivity index (χ3v) is 12.3. The molecule has 4 nitrogen and oxygen atoms in total. The molecule has 55 heavy (non-hydrogen) atoms. The van der Waals surface area contributed by atoms with Gasteiger partial charge in [-0.2, -0.15) is 0 Å². The predicted molar refractivity (Wildman–Crippen MR) is 231 cm³/mol. The van der Waals surface area contributed by atoms with Gasteiger partial charge in [0, 0.05) is 43.4 Å². The average Bonchev–Trinajstić information content (AvgIpc) is 3.53. The van der Waals surface area contributed by atoms with E-state index in [1.54, 1.807) is 0 Å². The minimum absolute atomic E-state index is 0. The molecule has 0 aliphatic rings. The van der Waals surface area contributed by atoms with Crippen molar-refractivity contribution in [1.82, 2.24) is 15.0 Å². The van der Waals surface area contributed by atoms with Crippen LogP contribution in [-0.4, -0.2) is 23.0 Å². The van der Waals surface area contributed by atoms with Crippen LogP contribution in [0.25, 0.3) is 55.8 Å². The van der Waals surface area contributed by atoms with Gasteiger partial charge in [-0.25, -0.2) is 4.98 Å². The first-order chi connectivity index (χ1) is 25.8. The Morgan fingerprint density at radius 1 is 0.764 bits per heavy atom. The van der Waals surface area contributed by atoms with Gasteiger partial charge in [0.1, 0.15) is 0 Å². The Balaban J connectivity index is 0.000000213. The van der Waals surface area contributed by atoms with Crippen molar-refractivity contribution in [2.75, 3.05) is 0 Å². The smallest absolute Gasteiger partial charge is 0.216 e. The zero-order chi connectivity index (χ0) is 38.6. The van der Waals surface area contributed by atoms with Crippen LogP contribution in [-0.2, 0) is 31.9 Å². The van der Waals surface area contributed by atoms with Gasteiger partial charge in [0.2, 0.25) is 5.71 Å². The van der Waals surface area contributed by atoms with Gasteiger partial charge in [0.25, 0.3) is 0 Å². The van der Waals surface area contributed by atoms with Crippen molar-refractivity contribution in [1.29, 1.82) is 0 Å². The number of furan rings is 1. The van der Waals surface area contributed by atoms with E-state index in [1.165, 1.54) is 21.9 Å². The number of aromatic nitrogens is 3. The average molecular weight is 922 g/mol. The molecule has 287 valence electrons. The summed E-state index contributed by atoms with van der Waals surface area (Å²) >= 11 is 0. The van der Waals surface area contributed by atoms with Crippen molar-refractivity contribution in [3.8, 4) is 33.8 Å². The summed E-state index contributed by atoms with van der Waals surface area (Å²) in [7, 11) is -1.38. The van der Waals surface area contributed by atoms with Crippen LogP contribution in [0.4, 0.5) is 0 Å². The van der Waals surface area contributed by atoms with Crippen LogP contribution >= 0.6 is 0 Å². The normalized spacial score (nSPS) is 11.9. The van der Waals surface area contributed by atoms with Crippen molar-refractivity contribution < 1.29 is 24.5 Å². The Morgan fingerprint density at radius 3 is 2.16 bits per heavy atom. The van der Waals surface area contributed by atoms with E-state index in [0.717, 1.165) is 69.4 Å². The first-order valence-electron chi connectivity index (χ1n) is 19.5. The van der Waals surface area contributed by atoms with Crippen molar-refractivity contribution in [2.24, 2.45) is 5.92 Å². The third kappa shape index (κ3) is 9.78. The first kappa shape index (κ1) is 41.9. The molecule has 0 bridgehead atoms. The number of nitrogens with zero attached hydrogens (tertiary/aromatic N) is 3. The molecule has 7 aromatic rings. The van der Waals surface area contributed by atoms with E-state index >= 15 is 0 Å². The third-order valence-electron chi connectivity index (χ3n) is 10.2. The maximum Gasteiger partial charge on any atom is 0.216 e. The Labute approximate surface area is 343 Å². The van der Waals surface area contributed by atoms with E-state index in [1.807, 2.05) is 42.6 Å². The van der Waals surface area contributed by atoms with Gasteiger partial charge in [-0.1, -0.05) is 133 Å². The summed E-state index contributed by atoms with van der Waals surface area (Å²) in [5.41, 5.74) is 11.6. The fraction of sp³-hybridized carbons (Fsp3) is 0.327. The number of benzene rings is 3. The summed E-state index contributed by atoms with van der Waals surface area (Å²) in [6.07, 6.45) is 7.38. The monoisotopic (exact) mass is 922 g/mol. The Kier molecular flexibility index (Phi) is 13.5. The van der Waals surface area contributed by atoms with Crippen LogP contribution in [0.2, 0.25) is 19.6 Å². The standard InChI is InChI=1S/C27H23N2O.C22H32NSi.Ir/c1-3-18(4-2)20-15-16-28-25(17-20)23-12-8-11-21-22-13-14-24(19-9-6-5-7-10-19)29-27(22)30-26(21)23;1-16(2)12-18-14-20(23-15-21(18)24(6,7)8)17-10-9-11-19(13-17)22(3,4)5;/h5-11,13-18H,3-4H2,1-2H3;9,11,13-16H,12H2,1-8H3;/q2*-1;. The van der Waals surface area contributed by atoms with Gasteiger partial charge < -0.3 is 14.4 Å². The second-order valence-corrected chi connectivity index (χ2v) is 22.0. The molecule has 0 saturated heterocycles. The Morgan fingerprint density at radius 2 is 1.49 bits per heavy atom. The van der Waals surface area contributed by atoms with Gasteiger partial charge in [-0.3, -0.25) is 0 Å². The molecule has 0 aliphatic heterocycles. The number of pyridine rings is 3. The molecular weight excluding hydrogens is 867 g/mol. The van der Waals surface area contributed by atoms with Crippen LogP contribution < -0.4 is 5.19 Å². The van der Waals surface area contributed by atoms with E-state index in [0.29, 0.717) is 17.5 Å². The van der Waals surface area contributed by atoms with Gasteiger partial charge >= 0.3 is 0 Å². The fourth-order valence-corrected chi connectivity index (χ4v) is 8.78. The van der Waals surface area contributed by atoms with E-state index < -0.39 is 8.07 Å². The molecule has 0 N–H and O–H groups in total. The molecule has 0 aliphatic carbocycles. The topological polar surface area (TPSA) is 51.8 Å². The molecule has 0 atom stereocenters. The van der Waals surface area contributed by atoms with E-state index in [-0.39, 0.29) is 25.5 Å². The van der Waals surface area contributed by atoms with Crippen LogP contribution in [0.5, 0.6) is 0 Å². The Bertz CT molecular complexity index is 2350. The molecule has 0 spiro atoms. The first-order valence-corrected chi connectivity index (χ1v) is 23.0. The number of rotatable bonds is 9. The largest absolute Gasteiger partial charge is 0.486 e. The summed E-state index contributed by atoms with van der Waals surface area (Å²) in [5.74, 6) is 1.19. The second kappa shape index (κ2) is 17.7. The summed E-state index contributed by atoms with van der Waals surface area (Å²) in [6.45, 7) is 23.0. The van der Waals surface area contributed by atoms with Crippen molar-refractivity contribution >= 4 is 35.3 Å². The fourth-order valence-electron chi connectivity index (χ4n) is 7.19. The zero-order valence-electron chi connectivity index (χ0n) is 34.2. The SMILES string of the molecule is CC(C)Cc1cc(-c2[c-]ccc(C(C)(C)C)c2)ncc1[Si](C)(C)C.CCC(CC)c1ccnc(-c2[c-]ccc3c2oc2nc(-c4ccccc4)ccc23)c1.[Ir]. The molecule has 0 amide bonds. The number of hydrogen-bond acceptors (Lipinski definition) is 4. The number of hydrogen-bond donors (Lipinski definition) is 0. The van der Waals surface area contributed by atoms with Gasteiger partial charge in [-0.15, -0.1) is 53.6 Å². The molecular formula is C49H55IrN3OSi-2. The summed E-state index contributed by atoms with van der Waals surface area (Å²) in [4.78, 5) is 14.2. The van der Waals surface area contributed by atoms with Gasteiger partial charge in [-0.05, 0) is 71.3 Å². The predicted octanol–water partition coefficient (Wildman–Crippen LogP) is 13.0. The van der Waals surface area contributed by atoms with E-state index in [2.05, 4.69) is 146 Å². The minimum Gasteiger partial charge on any atom is -0.486 e. The van der Waals surface area contributed by atoms with E-state index in [4.69, 9.17) is 14.4 Å². The number of fused-ring (bicyclic) bond motifs is 3. The molecule has 7 rings (SSSR count). The Hall–Kier alpha value is -4.22. The maximum absolute atomic E-state index is 6.27. The molecule has 3 aromatic carbocycles. The van der Waals surface area contributed by atoms with Crippen LogP contribution in [0.3, 0.4) is 0 Å².